The minimum absolute atomic E-state index is 0.0185. The molecule has 0 amide bonds. The molecule has 0 bridgehead atoms. The largest absolute Gasteiger partial charge is 0.504 e. The monoisotopic (exact) mass is 604 g/mol. The lowest BCUT2D eigenvalue weighted by Crippen LogP contribution is -2.66. The van der Waals surface area contributed by atoms with Crippen LogP contribution in [0.1, 0.15) is 111 Å². The van der Waals surface area contributed by atoms with Gasteiger partial charge in [0, 0.05) is 11.5 Å². The summed E-state index contributed by atoms with van der Waals surface area (Å²) in [6.07, 6.45) is 14.3. The molecule has 5 aliphatic rings. The lowest BCUT2D eigenvalue weighted by molar-refractivity contribution is -0.249. The maximum Gasteiger partial charge on any atom is 0.330 e. The zero-order valence-corrected chi connectivity index (χ0v) is 28.0. The highest BCUT2D eigenvalue weighted by Gasteiger charge is 2.71. The molecule has 10 atom stereocenters. The SMILES string of the molecule is C=C(C)[C@@H]1CC[C@]2(COC(=O)/C=C/c3ccc(O)c(O)c3)CC[C@]3(C)[C@H](CC[C@@H]4[C@@]5(C)CC[C@H](O)C(C)(C)[C@@H]5CC[C@]43C)[C@@H]12. The van der Waals surface area contributed by atoms with Crippen molar-refractivity contribution in [3.8, 4) is 11.5 Å². The van der Waals surface area contributed by atoms with Crippen LogP contribution in [0.25, 0.3) is 6.08 Å². The summed E-state index contributed by atoms with van der Waals surface area (Å²) in [5.74, 6) is 2.00. The minimum Gasteiger partial charge on any atom is -0.504 e. The number of esters is 1. The first-order chi connectivity index (χ1) is 20.6. The van der Waals surface area contributed by atoms with E-state index in [9.17, 15) is 20.1 Å². The molecule has 0 radical (unpaired) electrons. The zero-order valence-electron chi connectivity index (χ0n) is 28.0. The first kappa shape index (κ1) is 31.7. The van der Waals surface area contributed by atoms with Crippen LogP contribution in [0.3, 0.4) is 0 Å². The molecule has 0 heterocycles. The van der Waals surface area contributed by atoms with Crippen molar-refractivity contribution in [1.82, 2.24) is 0 Å². The number of phenolic OH excluding ortho intramolecular Hbond substituents is 2. The Balaban J connectivity index is 1.26. The Morgan fingerprint density at radius 1 is 0.909 bits per heavy atom. The number of aliphatic hydroxyl groups excluding tert-OH is 1. The van der Waals surface area contributed by atoms with Gasteiger partial charge in [-0.3, -0.25) is 0 Å². The third kappa shape index (κ3) is 4.53. The number of allylic oxidation sites excluding steroid dienone is 1. The number of rotatable bonds is 5. The molecule has 0 aliphatic heterocycles. The summed E-state index contributed by atoms with van der Waals surface area (Å²) in [5, 5.41) is 30.4. The van der Waals surface area contributed by atoms with Gasteiger partial charge in [-0.2, -0.15) is 0 Å². The third-order valence-corrected chi connectivity index (χ3v) is 15.1. The molecule has 5 fully saturated rings. The summed E-state index contributed by atoms with van der Waals surface area (Å²) in [6.45, 7) is 19.7. The summed E-state index contributed by atoms with van der Waals surface area (Å²) < 4.78 is 6.06. The van der Waals surface area contributed by atoms with Gasteiger partial charge in [-0.05, 0) is 146 Å². The predicted octanol–water partition coefficient (Wildman–Crippen LogP) is 8.67. The summed E-state index contributed by atoms with van der Waals surface area (Å²) in [7, 11) is 0. The van der Waals surface area contributed by atoms with Crippen LogP contribution in [0.4, 0.5) is 0 Å². The van der Waals surface area contributed by atoms with E-state index >= 15 is 0 Å². The van der Waals surface area contributed by atoms with Crippen molar-refractivity contribution in [1.29, 1.82) is 0 Å². The number of aliphatic hydroxyl groups is 1. The fourth-order valence-corrected chi connectivity index (χ4v) is 12.6. The van der Waals surface area contributed by atoms with Crippen LogP contribution in [0.2, 0.25) is 0 Å². The minimum atomic E-state index is -0.359. The molecule has 44 heavy (non-hydrogen) atoms. The number of benzene rings is 1. The van der Waals surface area contributed by atoms with Crippen molar-refractivity contribution in [3.05, 3.63) is 42.0 Å². The maximum absolute atomic E-state index is 13.0. The van der Waals surface area contributed by atoms with Gasteiger partial charge >= 0.3 is 5.97 Å². The van der Waals surface area contributed by atoms with E-state index in [1.807, 2.05) is 0 Å². The number of carbonyl (C=O) groups excluding carboxylic acids is 1. The summed E-state index contributed by atoms with van der Waals surface area (Å²) in [5.41, 5.74) is 2.60. The second-order valence-electron chi connectivity index (χ2n) is 17.1. The predicted molar refractivity (Wildman–Crippen MR) is 175 cm³/mol. The van der Waals surface area contributed by atoms with Crippen molar-refractivity contribution in [2.75, 3.05) is 6.61 Å². The Labute approximate surface area is 265 Å². The normalized spacial score (nSPS) is 44.2. The molecule has 242 valence electrons. The van der Waals surface area contributed by atoms with E-state index in [1.165, 1.54) is 55.9 Å². The van der Waals surface area contributed by atoms with Gasteiger partial charge < -0.3 is 20.1 Å². The van der Waals surface area contributed by atoms with Gasteiger partial charge in [0.2, 0.25) is 0 Å². The second-order valence-corrected chi connectivity index (χ2v) is 17.1. The molecule has 5 aliphatic carbocycles. The molecule has 3 N–H and O–H groups in total. The average molecular weight is 605 g/mol. The van der Waals surface area contributed by atoms with Crippen LogP contribution < -0.4 is 0 Å². The quantitative estimate of drug-likeness (QED) is 0.135. The molecule has 5 nitrogen and oxygen atoms in total. The van der Waals surface area contributed by atoms with Crippen LogP contribution in [0.5, 0.6) is 11.5 Å². The van der Waals surface area contributed by atoms with Crippen LogP contribution in [0, 0.1) is 56.7 Å². The highest BCUT2D eigenvalue weighted by Crippen LogP contribution is 2.77. The van der Waals surface area contributed by atoms with Gasteiger partial charge in [-0.25, -0.2) is 4.79 Å². The molecular weight excluding hydrogens is 548 g/mol. The fourth-order valence-electron chi connectivity index (χ4n) is 12.6. The number of fused-ring (bicyclic) bond motifs is 7. The van der Waals surface area contributed by atoms with E-state index in [0.29, 0.717) is 41.8 Å². The van der Waals surface area contributed by atoms with E-state index in [1.54, 1.807) is 12.1 Å². The van der Waals surface area contributed by atoms with Gasteiger partial charge in [0.15, 0.2) is 11.5 Å². The maximum atomic E-state index is 13.0. The van der Waals surface area contributed by atoms with Gasteiger partial charge in [-0.1, -0.05) is 52.8 Å². The molecular formula is C39H56O5. The summed E-state index contributed by atoms with van der Waals surface area (Å²) in [4.78, 5) is 13.0. The lowest BCUT2D eigenvalue weighted by Gasteiger charge is -2.73. The number of hydrogen-bond donors (Lipinski definition) is 3. The summed E-state index contributed by atoms with van der Waals surface area (Å²) >= 11 is 0. The smallest absolute Gasteiger partial charge is 0.330 e. The Morgan fingerprint density at radius 3 is 2.36 bits per heavy atom. The molecule has 0 aromatic heterocycles. The fraction of sp³-hybridized carbons (Fsp3) is 0.718. The molecule has 0 saturated heterocycles. The molecule has 6 rings (SSSR count). The molecule has 1 aromatic carbocycles. The highest BCUT2D eigenvalue weighted by atomic mass is 16.5. The van der Waals surface area contributed by atoms with Crippen molar-refractivity contribution < 1.29 is 24.9 Å². The highest BCUT2D eigenvalue weighted by molar-refractivity contribution is 5.87. The van der Waals surface area contributed by atoms with Gasteiger partial charge in [0.1, 0.15) is 0 Å². The first-order valence-electron chi connectivity index (χ1n) is 17.3. The van der Waals surface area contributed by atoms with E-state index in [4.69, 9.17) is 4.74 Å². The molecule has 1 aromatic rings. The second kappa shape index (κ2) is 10.6. The molecule has 5 heteroatoms. The number of ether oxygens (including phenoxy) is 1. The Kier molecular flexibility index (Phi) is 7.67. The van der Waals surface area contributed by atoms with Gasteiger partial charge in [0.05, 0.1) is 12.7 Å². The van der Waals surface area contributed by atoms with Crippen molar-refractivity contribution >= 4 is 12.0 Å². The molecule has 5 saturated carbocycles. The molecule has 0 unspecified atom stereocenters. The number of aromatic hydroxyl groups is 2. The van der Waals surface area contributed by atoms with E-state index < -0.39 is 0 Å². The number of hydrogen-bond acceptors (Lipinski definition) is 5. The van der Waals surface area contributed by atoms with Crippen molar-refractivity contribution in [2.24, 2.45) is 56.7 Å². The summed E-state index contributed by atoms with van der Waals surface area (Å²) in [6, 6.07) is 4.51. The van der Waals surface area contributed by atoms with Crippen LogP contribution in [-0.2, 0) is 9.53 Å². The molecule has 0 spiro atoms. The number of phenols is 2. The topological polar surface area (TPSA) is 87.0 Å². The van der Waals surface area contributed by atoms with Crippen LogP contribution in [-0.4, -0.2) is 34.0 Å². The Hall–Kier alpha value is -2.27. The Bertz CT molecular complexity index is 1350. The third-order valence-electron chi connectivity index (χ3n) is 15.1. The van der Waals surface area contributed by atoms with Crippen molar-refractivity contribution in [3.63, 3.8) is 0 Å². The van der Waals surface area contributed by atoms with E-state index in [2.05, 4.69) is 48.1 Å². The van der Waals surface area contributed by atoms with Crippen LogP contribution >= 0.6 is 0 Å². The average Bonchev–Trinajstić information content (AvgIpc) is 3.35. The lowest BCUT2D eigenvalue weighted by atomic mass is 9.32. The first-order valence-corrected chi connectivity index (χ1v) is 17.3. The van der Waals surface area contributed by atoms with Gasteiger partial charge in [-0.15, -0.1) is 0 Å². The zero-order chi connectivity index (χ0) is 31.9. The van der Waals surface area contributed by atoms with Crippen LogP contribution in [0.15, 0.2) is 36.4 Å². The van der Waals surface area contributed by atoms with E-state index in [0.717, 1.165) is 32.1 Å². The van der Waals surface area contributed by atoms with Crippen molar-refractivity contribution in [2.45, 2.75) is 112 Å². The van der Waals surface area contributed by atoms with Gasteiger partial charge in [0.25, 0.3) is 0 Å². The Morgan fingerprint density at radius 2 is 1.66 bits per heavy atom. The number of carbonyl (C=O) groups is 1. The van der Waals surface area contributed by atoms with E-state index in [-0.39, 0.29) is 50.6 Å². The standard InChI is InChI=1S/C39H56O5/c1-24(2)26-14-19-39(23-44-33(43)13-9-25-8-11-28(40)29(41)22-25)21-20-37(6)27(34(26)39)10-12-31-36(5)17-16-32(42)35(3,4)30(36)15-18-38(31,37)7/h8-9,11,13,22,26-27,30-32,34,40-42H,1,10,12,14-21,23H2,2-7H3/b13-9+/t26-,27+,30-,31+,32-,34+,36-,37+,38+,39+/m0/s1.